The molecule has 0 unspecified atom stereocenters. The monoisotopic (exact) mass is 210 g/mol. The van der Waals surface area contributed by atoms with Crippen molar-refractivity contribution in [3.63, 3.8) is 0 Å². The molecule has 0 saturated heterocycles. The van der Waals surface area contributed by atoms with Crippen molar-refractivity contribution in [1.29, 1.82) is 0 Å². The van der Waals surface area contributed by atoms with Gasteiger partial charge in [0.1, 0.15) is 11.0 Å². The highest BCUT2D eigenvalue weighted by Gasteiger charge is 2.01. The number of nitrogens with two attached hydrogens (primary N) is 1. The average Bonchev–Trinajstić information content (AvgIpc) is 2.54. The second kappa shape index (κ2) is 3.51. The summed E-state index contributed by atoms with van der Waals surface area (Å²) in [5.41, 5.74) is 6.20. The first-order valence-electron chi connectivity index (χ1n) is 3.80. The van der Waals surface area contributed by atoms with Crippen molar-refractivity contribution < 1.29 is 0 Å². The van der Waals surface area contributed by atoms with Crippen LogP contribution in [0.2, 0.25) is 5.15 Å². The van der Waals surface area contributed by atoms with Crippen LogP contribution in [0.15, 0.2) is 18.5 Å². The van der Waals surface area contributed by atoms with Crippen LogP contribution in [0.25, 0.3) is 0 Å². The third-order valence-electron chi connectivity index (χ3n) is 1.48. The van der Waals surface area contributed by atoms with Crippen LogP contribution >= 0.6 is 11.6 Å². The molecule has 14 heavy (non-hydrogen) atoms. The lowest BCUT2D eigenvalue weighted by Gasteiger charge is -2.02. The van der Waals surface area contributed by atoms with Crippen molar-refractivity contribution in [3.05, 3.63) is 23.6 Å². The maximum Gasteiger partial charge on any atom is 0.223 e. The highest BCUT2D eigenvalue weighted by Crippen LogP contribution is 2.16. The molecule has 7 heteroatoms. The number of aromatic amines is 1. The SMILES string of the molecule is Nc1nc(Cl)cc(Nc2cn[nH]c2)n1. The molecule has 0 aliphatic heterocycles. The quantitative estimate of drug-likeness (QED) is 0.648. The fourth-order valence-corrected chi connectivity index (χ4v) is 1.16. The summed E-state index contributed by atoms with van der Waals surface area (Å²) in [5.74, 6) is 0.660. The molecule has 0 spiro atoms. The lowest BCUT2D eigenvalue weighted by molar-refractivity contribution is 1.09. The summed E-state index contributed by atoms with van der Waals surface area (Å²) in [6.07, 6.45) is 3.30. The fourth-order valence-electron chi connectivity index (χ4n) is 0.966. The molecule has 0 aromatic carbocycles. The zero-order valence-electron chi connectivity index (χ0n) is 7.03. The first-order chi connectivity index (χ1) is 6.74. The minimum absolute atomic E-state index is 0.128. The van der Waals surface area contributed by atoms with Crippen LogP contribution in [-0.2, 0) is 0 Å². The van der Waals surface area contributed by atoms with E-state index in [2.05, 4.69) is 25.5 Å². The van der Waals surface area contributed by atoms with Gasteiger partial charge in [0.05, 0.1) is 11.9 Å². The lowest BCUT2D eigenvalue weighted by atomic mass is 10.5. The van der Waals surface area contributed by atoms with Gasteiger partial charge >= 0.3 is 0 Å². The molecule has 2 aromatic heterocycles. The Morgan fingerprint density at radius 1 is 1.43 bits per heavy atom. The van der Waals surface area contributed by atoms with Crippen molar-refractivity contribution in [2.45, 2.75) is 0 Å². The Kier molecular flexibility index (Phi) is 2.19. The van der Waals surface area contributed by atoms with Gasteiger partial charge in [0.15, 0.2) is 0 Å². The maximum absolute atomic E-state index is 5.70. The van der Waals surface area contributed by atoms with Crippen molar-refractivity contribution in [2.75, 3.05) is 11.1 Å². The van der Waals surface area contributed by atoms with Gasteiger partial charge in [-0.05, 0) is 0 Å². The van der Waals surface area contributed by atoms with E-state index in [9.17, 15) is 0 Å². The standard InChI is InChI=1S/C7H7ClN6/c8-5-1-6(14-7(9)13-5)12-4-2-10-11-3-4/h1-3H,(H,10,11)(H3,9,12,13,14). The van der Waals surface area contributed by atoms with Crippen LogP contribution in [0.1, 0.15) is 0 Å². The summed E-state index contributed by atoms with van der Waals surface area (Å²) in [6, 6.07) is 1.57. The Morgan fingerprint density at radius 3 is 2.93 bits per heavy atom. The number of nitrogens with zero attached hydrogens (tertiary/aromatic N) is 3. The number of hydrogen-bond acceptors (Lipinski definition) is 5. The number of anilines is 3. The number of halogens is 1. The number of nitrogens with one attached hydrogen (secondary N) is 2. The van der Waals surface area contributed by atoms with Gasteiger partial charge in [0.25, 0.3) is 0 Å². The van der Waals surface area contributed by atoms with E-state index in [1.807, 2.05) is 0 Å². The molecule has 0 fully saturated rings. The molecule has 0 aliphatic rings. The van der Waals surface area contributed by atoms with Gasteiger partial charge in [-0.2, -0.15) is 10.1 Å². The number of aromatic nitrogens is 4. The number of rotatable bonds is 2. The van der Waals surface area contributed by atoms with Crippen molar-refractivity contribution in [3.8, 4) is 0 Å². The van der Waals surface area contributed by atoms with Gasteiger partial charge < -0.3 is 11.1 Å². The van der Waals surface area contributed by atoms with Gasteiger partial charge in [-0.1, -0.05) is 11.6 Å². The predicted octanol–water partition coefficient (Wildman–Crippen LogP) is 1.18. The van der Waals surface area contributed by atoms with E-state index < -0.39 is 0 Å². The molecule has 72 valence electrons. The third kappa shape index (κ3) is 1.91. The molecule has 2 aromatic rings. The minimum atomic E-state index is 0.128. The number of hydrogen-bond donors (Lipinski definition) is 3. The summed E-state index contributed by atoms with van der Waals surface area (Å²) in [5, 5.41) is 9.68. The van der Waals surface area contributed by atoms with Crippen molar-refractivity contribution >= 4 is 29.1 Å². The average molecular weight is 211 g/mol. The van der Waals surface area contributed by atoms with Crippen LogP contribution in [0.3, 0.4) is 0 Å². The summed E-state index contributed by atoms with van der Waals surface area (Å²) >= 11 is 5.70. The molecule has 0 saturated carbocycles. The van der Waals surface area contributed by atoms with Crippen LogP contribution in [0.5, 0.6) is 0 Å². The zero-order chi connectivity index (χ0) is 9.97. The Morgan fingerprint density at radius 2 is 2.29 bits per heavy atom. The van der Waals surface area contributed by atoms with E-state index in [0.29, 0.717) is 11.0 Å². The molecule has 0 aliphatic carbocycles. The van der Waals surface area contributed by atoms with E-state index >= 15 is 0 Å². The third-order valence-corrected chi connectivity index (χ3v) is 1.68. The molecule has 0 bridgehead atoms. The second-order valence-electron chi connectivity index (χ2n) is 2.55. The summed E-state index contributed by atoms with van der Waals surface area (Å²) in [7, 11) is 0. The molecule has 2 rings (SSSR count). The Balaban J connectivity index is 2.25. The van der Waals surface area contributed by atoms with E-state index in [0.717, 1.165) is 5.69 Å². The highest BCUT2D eigenvalue weighted by atomic mass is 35.5. The predicted molar refractivity (Wildman–Crippen MR) is 53.3 cm³/mol. The van der Waals surface area contributed by atoms with E-state index in [4.69, 9.17) is 17.3 Å². The van der Waals surface area contributed by atoms with Crippen molar-refractivity contribution in [2.24, 2.45) is 0 Å². The van der Waals surface area contributed by atoms with Gasteiger partial charge in [-0.25, -0.2) is 4.98 Å². The normalized spacial score (nSPS) is 10.1. The van der Waals surface area contributed by atoms with Crippen LogP contribution in [0, 0.1) is 0 Å². The largest absolute Gasteiger partial charge is 0.368 e. The molecule has 6 nitrogen and oxygen atoms in total. The van der Waals surface area contributed by atoms with Crippen molar-refractivity contribution in [1.82, 2.24) is 20.2 Å². The molecule has 0 amide bonds. The topological polar surface area (TPSA) is 92.5 Å². The van der Waals surface area contributed by atoms with E-state index in [-0.39, 0.29) is 5.95 Å². The summed E-state index contributed by atoms with van der Waals surface area (Å²) in [6.45, 7) is 0. The van der Waals surface area contributed by atoms with E-state index in [1.54, 1.807) is 18.5 Å². The fraction of sp³-hybridized carbons (Fsp3) is 0. The van der Waals surface area contributed by atoms with Crippen LogP contribution in [0.4, 0.5) is 17.5 Å². The Bertz CT molecular complexity index is 405. The molecule has 0 radical (unpaired) electrons. The molecule has 2 heterocycles. The summed E-state index contributed by atoms with van der Waals surface area (Å²) < 4.78 is 0. The van der Waals surface area contributed by atoms with Gasteiger partial charge in [0.2, 0.25) is 5.95 Å². The Hall–Kier alpha value is -1.82. The lowest BCUT2D eigenvalue weighted by Crippen LogP contribution is -1.99. The molecule has 0 atom stereocenters. The molecular weight excluding hydrogens is 204 g/mol. The number of H-pyrrole nitrogens is 1. The first kappa shape index (κ1) is 8.76. The highest BCUT2D eigenvalue weighted by molar-refractivity contribution is 6.29. The molecule has 4 N–H and O–H groups in total. The number of nitrogen functional groups attached to an aromatic ring is 1. The van der Waals surface area contributed by atoms with E-state index in [1.165, 1.54) is 0 Å². The van der Waals surface area contributed by atoms with Gasteiger partial charge in [-0.15, -0.1) is 0 Å². The van der Waals surface area contributed by atoms with Gasteiger partial charge in [-0.3, -0.25) is 5.10 Å². The molecular formula is C7H7ClN6. The summed E-state index contributed by atoms with van der Waals surface area (Å²) in [4.78, 5) is 7.67. The zero-order valence-corrected chi connectivity index (χ0v) is 7.78. The smallest absolute Gasteiger partial charge is 0.223 e. The second-order valence-corrected chi connectivity index (χ2v) is 2.93. The maximum atomic E-state index is 5.70. The van der Waals surface area contributed by atoms with Gasteiger partial charge in [0, 0.05) is 12.3 Å². The Labute approximate surface area is 84.5 Å². The minimum Gasteiger partial charge on any atom is -0.368 e. The van der Waals surface area contributed by atoms with Crippen LogP contribution < -0.4 is 11.1 Å². The first-order valence-corrected chi connectivity index (χ1v) is 4.18. The van der Waals surface area contributed by atoms with Crippen LogP contribution in [-0.4, -0.2) is 20.2 Å².